The topological polar surface area (TPSA) is 45.7 Å². The van der Waals surface area contributed by atoms with E-state index in [2.05, 4.69) is 23.6 Å². The van der Waals surface area contributed by atoms with Gasteiger partial charge in [-0.3, -0.25) is 0 Å². The van der Waals surface area contributed by atoms with E-state index in [0.717, 1.165) is 30.7 Å². The highest BCUT2D eigenvalue weighted by Gasteiger charge is 2.53. The van der Waals surface area contributed by atoms with Crippen LogP contribution in [0.2, 0.25) is 0 Å². The van der Waals surface area contributed by atoms with Crippen LogP contribution in [0.25, 0.3) is 0 Å². The molecule has 1 aromatic rings. The van der Waals surface area contributed by atoms with E-state index in [1.54, 1.807) is 7.11 Å². The smallest absolute Gasteiger partial charge is 0.191 e. The van der Waals surface area contributed by atoms with Gasteiger partial charge in [0.15, 0.2) is 5.96 Å². The van der Waals surface area contributed by atoms with E-state index in [-0.39, 0.29) is 24.0 Å². The molecule has 0 radical (unpaired) electrons. The first-order valence-corrected chi connectivity index (χ1v) is 8.41. The molecular weight excluding hydrogens is 401 g/mol. The molecule has 2 N–H and O–H groups in total. The van der Waals surface area contributed by atoms with Crippen molar-refractivity contribution >= 4 is 29.9 Å². The van der Waals surface area contributed by atoms with Crippen molar-refractivity contribution < 1.29 is 4.74 Å². The maximum absolute atomic E-state index is 5.26. The van der Waals surface area contributed by atoms with Crippen molar-refractivity contribution in [3.05, 3.63) is 29.8 Å². The fraction of sp³-hybridized carbons (Fsp3) is 0.611. The van der Waals surface area contributed by atoms with Crippen molar-refractivity contribution in [3.8, 4) is 5.75 Å². The molecule has 0 aliphatic heterocycles. The lowest BCUT2D eigenvalue weighted by molar-refractivity contribution is 0.414. The van der Waals surface area contributed by atoms with Gasteiger partial charge in [-0.05, 0) is 61.6 Å². The quantitative estimate of drug-likeness (QED) is 0.396. The second-order valence-corrected chi connectivity index (χ2v) is 6.54. The Morgan fingerprint density at radius 1 is 1.30 bits per heavy atom. The zero-order valence-electron chi connectivity index (χ0n) is 14.1. The van der Waals surface area contributed by atoms with Crippen molar-refractivity contribution in [2.75, 3.05) is 20.2 Å². The van der Waals surface area contributed by atoms with Crippen LogP contribution >= 0.6 is 24.0 Å². The van der Waals surface area contributed by atoms with Gasteiger partial charge in [-0.2, -0.15) is 0 Å². The van der Waals surface area contributed by atoms with Gasteiger partial charge in [-0.15, -0.1) is 24.0 Å². The average molecular weight is 429 g/mol. The van der Waals surface area contributed by atoms with Crippen LogP contribution in [0, 0.1) is 11.3 Å². The van der Waals surface area contributed by atoms with Gasteiger partial charge in [-0.1, -0.05) is 12.1 Å². The third-order valence-electron chi connectivity index (χ3n) is 4.84. The van der Waals surface area contributed by atoms with Crippen LogP contribution in [0.5, 0.6) is 5.75 Å². The van der Waals surface area contributed by atoms with Crippen LogP contribution in [-0.2, 0) is 6.54 Å². The highest BCUT2D eigenvalue weighted by molar-refractivity contribution is 14.0. The number of nitrogens with zero attached hydrogens (tertiary/aromatic N) is 1. The van der Waals surface area contributed by atoms with E-state index < -0.39 is 0 Å². The summed E-state index contributed by atoms with van der Waals surface area (Å²) >= 11 is 0. The lowest BCUT2D eigenvalue weighted by Crippen LogP contribution is -2.40. The second-order valence-electron chi connectivity index (χ2n) is 6.54. The molecule has 0 amide bonds. The Kier molecular flexibility index (Phi) is 6.56. The molecule has 0 heterocycles. The lowest BCUT2D eigenvalue weighted by Gasteiger charge is -2.18. The molecule has 23 heavy (non-hydrogen) atoms. The number of nitrogens with one attached hydrogen (secondary N) is 2. The minimum Gasteiger partial charge on any atom is -0.497 e. The standard InChI is InChI=1S/C18H27N3O.HI/c1-3-19-17(21-13-18(9-10-18)15-7-8-15)20-12-14-5-4-6-16(11-14)22-2;/h4-6,11,15H,3,7-10,12-13H2,1-2H3,(H2,19,20,21);1H. The van der Waals surface area contributed by atoms with Gasteiger partial charge in [0.2, 0.25) is 0 Å². The minimum absolute atomic E-state index is 0. The summed E-state index contributed by atoms with van der Waals surface area (Å²) in [5.74, 6) is 2.79. The van der Waals surface area contributed by atoms with Gasteiger partial charge >= 0.3 is 0 Å². The Bertz CT molecular complexity index is 539. The van der Waals surface area contributed by atoms with Crippen molar-refractivity contribution in [1.29, 1.82) is 0 Å². The molecule has 1 aromatic carbocycles. The summed E-state index contributed by atoms with van der Waals surface area (Å²) in [6, 6.07) is 8.10. The molecule has 4 nitrogen and oxygen atoms in total. The number of ether oxygens (including phenoxy) is 1. The normalized spacial score (nSPS) is 18.8. The Labute approximate surface area is 156 Å². The van der Waals surface area contributed by atoms with Crippen LogP contribution < -0.4 is 15.4 Å². The molecule has 0 spiro atoms. The molecule has 0 atom stereocenters. The van der Waals surface area contributed by atoms with E-state index in [9.17, 15) is 0 Å². The van der Waals surface area contributed by atoms with Crippen LogP contribution in [-0.4, -0.2) is 26.2 Å². The maximum atomic E-state index is 5.26. The molecule has 3 rings (SSSR count). The molecule has 2 aliphatic rings. The predicted octanol–water partition coefficient (Wildman–Crippen LogP) is 3.56. The number of methoxy groups -OCH3 is 1. The van der Waals surface area contributed by atoms with Crippen molar-refractivity contribution in [3.63, 3.8) is 0 Å². The highest BCUT2D eigenvalue weighted by Crippen LogP contribution is 2.60. The van der Waals surface area contributed by atoms with Crippen molar-refractivity contribution in [2.24, 2.45) is 16.3 Å². The first-order chi connectivity index (χ1) is 10.8. The summed E-state index contributed by atoms with van der Waals surface area (Å²) < 4.78 is 5.26. The Balaban J connectivity index is 0.00000192. The van der Waals surface area contributed by atoms with Crippen LogP contribution in [0.1, 0.15) is 38.2 Å². The number of hydrogen-bond donors (Lipinski definition) is 2. The highest BCUT2D eigenvalue weighted by atomic mass is 127. The summed E-state index contributed by atoms with van der Waals surface area (Å²) in [4.78, 5) is 4.71. The molecule has 0 aromatic heterocycles. The summed E-state index contributed by atoms with van der Waals surface area (Å²) in [5.41, 5.74) is 1.76. The molecule has 2 aliphatic carbocycles. The summed E-state index contributed by atoms with van der Waals surface area (Å²) in [6.07, 6.45) is 5.64. The van der Waals surface area contributed by atoms with E-state index in [1.807, 2.05) is 18.2 Å². The van der Waals surface area contributed by atoms with Crippen molar-refractivity contribution in [1.82, 2.24) is 10.6 Å². The summed E-state index contributed by atoms with van der Waals surface area (Å²) in [5, 5.41) is 6.90. The maximum Gasteiger partial charge on any atom is 0.191 e. The monoisotopic (exact) mass is 429 g/mol. The SMILES string of the molecule is CCNC(=NCc1cccc(OC)c1)NCC1(C2CC2)CC1.I. The zero-order chi connectivity index (χ0) is 15.4. The third kappa shape index (κ3) is 4.99. The molecule has 128 valence electrons. The number of rotatable bonds is 7. The second kappa shape index (κ2) is 8.22. The van der Waals surface area contributed by atoms with Gasteiger partial charge in [0.1, 0.15) is 5.75 Å². The lowest BCUT2D eigenvalue weighted by atomic mass is 10.0. The molecular formula is C18H28IN3O. The number of halogens is 1. The first-order valence-electron chi connectivity index (χ1n) is 8.41. The molecule has 2 fully saturated rings. The van der Waals surface area contributed by atoms with Gasteiger partial charge in [0.25, 0.3) is 0 Å². The largest absolute Gasteiger partial charge is 0.497 e. The number of aliphatic imine (C=N–C) groups is 1. The van der Waals surface area contributed by atoms with Gasteiger partial charge in [0, 0.05) is 13.1 Å². The average Bonchev–Trinajstić information content (AvgIpc) is 3.43. The van der Waals surface area contributed by atoms with E-state index in [4.69, 9.17) is 9.73 Å². The molecule has 0 saturated heterocycles. The van der Waals surface area contributed by atoms with Crippen LogP contribution in [0.3, 0.4) is 0 Å². The van der Waals surface area contributed by atoms with Gasteiger partial charge < -0.3 is 15.4 Å². The summed E-state index contributed by atoms with van der Waals surface area (Å²) in [7, 11) is 1.70. The van der Waals surface area contributed by atoms with E-state index >= 15 is 0 Å². The zero-order valence-corrected chi connectivity index (χ0v) is 16.4. The van der Waals surface area contributed by atoms with Crippen molar-refractivity contribution in [2.45, 2.75) is 39.2 Å². The van der Waals surface area contributed by atoms with Crippen LogP contribution in [0.4, 0.5) is 0 Å². The Morgan fingerprint density at radius 2 is 2.09 bits per heavy atom. The Hall–Kier alpha value is -0.980. The predicted molar refractivity (Wildman–Crippen MR) is 106 cm³/mol. The summed E-state index contributed by atoms with van der Waals surface area (Å²) in [6.45, 7) is 4.74. The van der Waals surface area contributed by atoms with E-state index in [0.29, 0.717) is 12.0 Å². The number of benzene rings is 1. The molecule has 5 heteroatoms. The van der Waals surface area contributed by atoms with E-state index in [1.165, 1.54) is 31.2 Å². The number of hydrogen-bond acceptors (Lipinski definition) is 2. The van der Waals surface area contributed by atoms with Gasteiger partial charge in [0.05, 0.1) is 13.7 Å². The minimum atomic E-state index is 0. The number of guanidine groups is 1. The third-order valence-corrected chi connectivity index (χ3v) is 4.84. The fourth-order valence-corrected chi connectivity index (χ4v) is 3.13. The molecule has 0 bridgehead atoms. The Morgan fingerprint density at radius 3 is 2.70 bits per heavy atom. The van der Waals surface area contributed by atoms with Crippen LogP contribution in [0.15, 0.2) is 29.3 Å². The fourth-order valence-electron chi connectivity index (χ4n) is 3.13. The molecule has 0 unspecified atom stereocenters. The van der Waals surface area contributed by atoms with Gasteiger partial charge in [-0.25, -0.2) is 4.99 Å². The first kappa shape index (κ1) is 18.4. The molecule has 2 saturated carbocycles.